The fourth-order valence-corrected chi connectivity index (χ4v) is 4.02. The lowest BCUT2D eigenvalue weighted by Crippen LogP contribution is -2.47. The van der Waals surface area contributed by atoms with E-state index in [0.717, 1.165) is 25.9 Å². The smallest absolute Gasteiger partial charge is 0.223 e. The average molecular weight is 445 g/mol. The number of amides is 1. The minimum absolute atomic E-state index is 0.127. The van der Waals surface area contributed by atoms with Crippen molar-refractivity contribution in [2.75, 3.05) is 39.5 Å². The van der Waals surface area contributed by atoms with E-state index in [9.17, 15) is 14.3 Å². The number of hydrogen-bond donors (Lipinski definition) is 2. The molecule has 2 heterocycles. The van der Waals surface area contributed by atoms with Crippen LogP contribution >= 0.6 is 0 Å². The fourth-order valence-electron chi connectivity index (χ4n) is 4.02. The van der Waals surface area contributed by atoms with Crippen LogP contribution < -0.4 is 19.5 Å². The summed E-state index contributed by atoms with van der Waals surface area (Å²) in [6.07, 6.45) is 1.47. The van der Waals surface area contributed by atoms with E-state index in [2.05, 4.69) is 10.2 Å². The van der Waals surface area contributed by atoms with E-state index in [1.807, 2.05) is 0 Å². The highest BCUT2D eigenvalue weighted by molar-refractivity contribution is 5.76. The van der Waals surface area contributed by atoms with Gasteiger partial charge in [-0.25, -0.2) is 4.39 Å². The van der Waals surface area contributed by atoms with Gasteiger partial charge in [-0.2, -0.15) is 0 Å². The number of aliphatic hydroxyl groups is 1. The lowest BCUT2D eigenvalue weighted by molar-refractivity contribution is -0.123. The van der Waals surface area contributed by atoms with Crippen LogP contribution in [0.4, 0.5) is 4.39 Å². The first-order valence-electron chi connectivity index (χ1n) is 11.1. The number of benzene rings is 2. The number of nitrogens with zero attached hydrogens (tertiary/aromatic N) is 1. The van der Waals surface area contributed by atoms with Gasteiger partial charge in [0.25, 0.3) is 0 Å². The van der Waals surface area contributed by atoms with Crippen LogP contribution in [-0.4, -0.2) is 61.4 Å². The van der Waals surface area contributed by atoms with Gasteiger partial charge in [0.05, 0.1) is 19.1 Å². The molecule has 8 heteroatoms. The van der Waals surface area contributed by atoms with Crippen LogP contribution in [0.1, 0.15) is 30.9 Å². The molecule has 0 radical (unpaired) electrons. The molecule has 172 valence electrons. The van der Waals surface area contributed by atoms with E-state index in [1.54, 1.807) is 18.2 Å². The quantitative estimate of drug-likeness (QED) is 0.619. The number of hydrogen-bond acceptors (Lipinski definition) is 6. The van der Waals surface area contributed by atoms with Gasteiger partial charge in [0.2, 0.25) is 5.91 Å². The summed E-state index contributed by atoms with van der Waals surface area (Å²) in [6, 6.07) is 10.6. The number of likely N-dealkylation sites (tertiary alicyclic amines) is 1. The Bertz CT molecular complexity index is 902. The van der Waals surface area contributed by atoms with E-state index in [0.29, 0.717) is 42.6 Å². The van der Waals surface area contributed by atoms with Crippen LogP contribution in [0.15, 0.2) is 42.5 Å². The number of rotatable bonds is 9. The summed E-state index contributed by atoms with van der Waals surface area (Å²) in [5.41, 5.74) is 0.668. The van der Waals surface area contributed by atoms with Crippen LogP contribution in [0.3, 0.4) is 0 Å². The Morgan fingerprint density at radius 1 is 1.09 bits per heavy atom. The second-order valence-corrected chi connectivity index (χ2v) is 8.08. The standard InChI is InChI=1S/C24H29FN2O5/c25-18-4-6-19(7-5-18)30-12-9-23(28)26-20(16-27-10-1-2-11-27)24(29)17-3-8-21-22(15-17)32-14-13-31-21/h3-8,15,20,24,29H,1-2,9-14,16H2,(H,26,28)/t20-,24-/m1/s1. The first kappa shape index (κ1) is 22.4. The van der Waals surface area contributed by atoms with Crippen molar-refractivity contribution in [2.24, 2.45) is 0 Å². The average Bonchev–Trinajstić information content (AvgIpc) is 3.32. The molecule has 0 bridgehead atoms. The molecule has 1 fully saturated rings. The molecule has 0 aliphatic carbocycles. The van der Waals surface area contributed by atoms with Gasteiger partial charge in [0.15, 0.2) is 11.5 Å². The van der Waals surface area contributed by atoms with Gasteiger partial charge in [-0.3, -0.25) is 4.79 Å². The number of halogens is 1. The summed E-state index contributed by atoms with van der Waals surface area (Å²) in [7, 11) is 0. The molecule has 0 saturated carbocycles. The van der Waals surface area contributed by atoms with Crippen molar-refractivity contribution >= 4 is 5.91 Å². The highest BCUT2D eigenvalue weighted by atomic mass is 19.1. The van der Waals surface area contributed by atoms with Crippen molar-refractivity contribution in [3.63, 3.8) is 0 Å². The Kier molecular flexibility index (Phi) is 7.44. The predicted molar refractivity (Wildman–Crippen MR) is 117 cm³/mol. The molecule has 0 spiro atoms. The van der Waals surface area contributed by atoms with Crippen molar-refractivity contribution in [1.29, 1.82) is 0 Å². The highest BCUT2D eigenvalue weighted by Crippen LogP contribution is 2.33. The number of fused-ring (bicyclic) bond motifs is 1. The summed E-state index contributed by atoms with van der Waals surface area (Å²) in [6.45, 7) is 3.59. The minimum Gasteiger partial charge on any atom is -0.493 e. The Morgan fingerprint density at radius 3 is 2.56 bits per heavy atom. The van der Waals surface area contributed by atoms with Gasteiger partial charge < -0.3 is 29.5 Å². The van der Waals surface area contributed by atoms with Gasteiger partial charge in [0, 0.05) is 6.54 Å². The lowest BCUT2D eigenvalue weighted by atomic mass is 10.0. The van der Waals surface area contributed by atoms with Gasteiger partial charge in [-0.05, 0) is 67.9 Å². The SMILES string of the molecule is O=C(CCOc1ccc(F)cc1)N[C@H](CN1CCCC1)[C@H](O)c1ccc2c(c1)OCCO2. The molecule has 4 rings (SSSR count). The third kappa shape index (κ3) is 5.89. The maximum absolute atomic E-state index is 13.0. The topological polar surface area (TPSA) is 80.3 Å². The molecular weight excluding hydrogens is 415 g/mol. The van der Waals surface area contributed by atoms with Crippen molar-refractivity contribution < 1.29 is 28.5 Å². The molecular formula is C24H29FN2O5. The Morgan fingerprint density at radius 2 is 1.81 bits per heavy atom. The van der Waals surface area contributed by atoms with E-state index < -0.39 is 12.1 Å². The molecule has 1 amide bonds. The maximum Gasteiger partial charge on any atom is 0.223 e. The number of carbonyl (C=O) groups is 1. The molecule has 1 saturated heterocycles. The molecule has 2 aliphatic rings. The Balaban J connectivity index is 1.38. The molecule has 7 nitrogen and oxygen atoms in total. The van der Waals surface area contributed by atoms with Gasteiger partial charge >= 0.3 is 0 Å². The van der Waals surface area contributed by atoms with E-state index in [-0.39, 0.29) is 24.8 Å². The molecule has 2 aromatic rings. The van der Waals surface area contributed by atoms with Crippen molar-refractivity contribution in [1.82, 2.24) is 10.2 Å². The fraction of sp³-hybridized carbons (Fsp3) is 0.458. The minimum atomic E-state index is -0.895. The first-order valence-corrected chi connectivity index (χ1v) is 11.1. The summed E-state index contributed by atoms with van der Waals surface area (Å²) in [5.74, 6) is 1.21. The zero-order valence-electron chi connectivity index (χ0n) is 18.0. The summed E-state index contributed by atoms with van der Waals surface area (Å²) < 4.78 is 29.7. The van der Waals surface area contributed by atoms with Crippen molar-refractivity contribution in [2.45, 2.75) is 31.4 Å². The second kappa shape index (κ2) is 10.7. The zero-order valence-corrected chi connectivity index (χ0v) is 18.0. The van der Waals surface area contributed by atoms with E-state index >= 15 is 0 Å². The monoisotopic (exact) mass is 444 g/mol. The van der Waals surface area contributed by atoms with Crippen molar-refractivity contribution in [3.8, 4) is 17.2 Å². The van der Waals surface area contributed by atoms with Gasteiger partial charge in [0.1, 0.15) is 30.9 Å². The first-order chi connectivity index (χ1) is 15.6. The van der Waals surface area contributed by atoms with E-state index in [1.165, 1.54) is 24.3 Å². The van der Waals surface area contributed by atoms with Crippen LogP contribution in [0.5, 0.6) is 17.2 Å². The Hall–Kier alpha value is -2.84. The van der Waals surface area contributed by atoms with Crippen LogP contribution in [-0.2, 0) is 4.79 Å². The molecule has 2 aliphatic heterocycles. The van der Waals surface area contributed by atoms with Crippen LogP contribution in [0, 0.1) is 5.82 Å². The molecule has 2 atom stereocenters. The second-order valence-electron chi connectivity index (χ2n) is 8.08. The third-order valence-electron chi connectivity index (χ3n) is 5.70. The molecule has 2 N–H and O–H groups in total. The summed E-state index contributed by atoms with van der Waals surface area (Å²) in [4.78, 5) is 14.9. The Labute approximate surface area is 187 Å². The number of aliphatic hydroxyl groups excluding tert-OH is 1. The highest BCUT2D eigenvalue weighted by Gasteiger charge is 2.27. The molecule has 32 heavy (non-hydrogen) atoms. The maximum atomic E-state index is 13.0. The third-order valence-corrected chi connectivity index (χ3v) is 5.70. The largest absolute Gasteiger partial charge is 0.493 e. The summed E-state index contributed by atoms with van der Waals surface area (Å²) in [5, 5.41) is 14.1. The molecule has 0 aromatic heterocycles. The van der Waals surface area contributed by atoms with Crippen molar-refractivity contribution in [3.05, 3.63) is 53.8 Å². The normalized spacial score (nSPS) is 17.6. The summed E-state index contributed by atoms with van der Waals surface area (Å²) >= 11 is 0. The van der Waals surface area contributed by atoms with Gasteiger partial charge in [-0.1, -0.05) is 6.07 Å². The van der Waals surface area contributed by atoms with Crippen LogP contribution in [0.25, 0.3) is 0 Å². The van der Waals surface area contributed by atoms with Crippen LogP contribution in [0.2, 0.25) is 0 Å². The number of carbonyl (C=O) groups excluding carboxylic acids is 1. The predicted octanol–water partition coefficient (Wildman–Crippen LogP) is 2.68. The number of ether oxygens (including phenoxy) is 3. The van der Waals surface area contributed by atoms with Gasteiger partial charge in [-0.15, -0.1) is 0 Å². The lowest BCUT2D eigenvalue weighted by Gasteiger charge is -2.29. The molecule has 2 aromatic carbocycles. The number of nitrogens with one attached hydrogen (secondary N) is 1. The zero-order chi connectivity index (χ0) is 22.3. The van der Waals surface area contributed by atoms with E-state index in [4.69, 9.17) is 14.2 Å². The molecule has 0 unspecified atom stereocenters.